The molecule has 1 fully saturated rings. The number of nitrogens with one attached hydrogen (secondary N) is 6. The van der Waals surface area contributed by atoms with Gasteiger partial charge in [-0.3, -0.25) is 43.3 Å². The normalized spacial score (nSPS) is 16.1. The maximum Gasteiger partial charge on any atom is 0.352 e. The summed E-state index contributed by atoms with van der Waals surface area (Å²) in [4.78, 5) is 130. The molecule has 1 aromatic carbocycles. The van der Waals surface area contributed by atoms with Crippen molar-refractivity contribution < 1.29 is 53.4 Å². The molecule has 0 radical (unpaired) electrons. The molecule has 1 heterocycles. The fraction of sp³-hybridized carbons (Fsp3) is 0.620. The van der Waals surface area contributed by atoms with Gasteiger partial charge in [-0.15, -0.1) is 0 Å². The molecule has 430 valence electrons. The van der Waals surface area contributed by atoms with E-state index in [4.69, 9.17) is 40.1 Å². The number of amides is 8. The van der Waals surface area contributed by atoms with Gasteiger partial charge in [-0.2, -0.15) is 0 Å². The minimum atomic E-state index is -1.57. The van der Waals surface area contributed by atoms with Gasteiger partial charge in [0.1, 0.15) is 41.6 Å². The zero-order valence-electron chi connectivity index (χ0n) is 44.8. The standard InChI is InChI=1S/C50H84N16O11/c1-29(60-46(74)40(38(67)27-54)65-42(70)32(55)12-5-7-21-51)41(69)59-28-39(68)61-34(14-9-23-53)47(75)66-25-11-16-37(66)45(73)64-36(26-30-17-19-31(20-18-30)50(2,3)4)44(72)62-33(13-6-8-22-52)43(71)63-35(48(76)77)15-10-24-58-49(56)57/h15,17-20,29,32-33,36-38,40,67H,5-14,16,21-28,51-55H2,1-4H3,(H,59,69)(H,60,74)(H,62,72)(H,63,71)(H,64,73)(H,65,70)(H,76,77)(H4,56,57,58)/b35-15-,61-34?/t29-,32-,33-,36-,37-,38-,40-/m0/s1. The molecule has 27 heteroatoms. The van der Waals surface area contributed by atoms with E-state index in [1.807, 2.05) is 45.0 Å². The van der Waals surface area contributed by atoms with Crippen LogP contribution >= 0.6 is 0 Å². The van der Waals surface area contributed by atoms with Gasteiger partial charge in [-0.1, -0.05) is 57.5 Å². The highest BCUT2D eigenvalue weighted by Crippen LogP contribution is 2.23. The third-order valence-electron chi connectivity index (χ3n) is 12.4. The summed E-state index contributed by atoms with van der Waals surface area (Å²) in [6.07, 6.45) is 2.65. The van der Waals surface area contributed by atoms with Crippen molar-refractivity contribution in [2.24, 2.45) is 50.1 Å². The summed E-state index contributed by atoms with van der Waals surface area (Å²) >= 11 is 0. The van der Waals surface area contributed by atoms with Crippen LogP contribution in [0.4, 0.5) is 0 Å². The lowest BCUT2D eigenvalue weighted by atomic mass is 9.86. The second kappa shape index (κ2) is 34.0. The summed E-state index contributed by atoms with van der Waals surface area (Å²) < 4.78 is 0. The van der Waals surface area contributed by atoms with E-state index in [9.17, 15) is 53.4 Å². The first kappa shape index (κ1) is 66.2. The number of likely N-dealkylation sites (tertiary alicyclic amines) is 1. The van der Waals surface area contributed by atoms with Crippen molar-refractivity contribution in [3.8, 4) is 0 Å². The van der Waals surface area contributed by atoms with Crippen LogP contribution in [0.1, 0.15) is 109 Å². The SMILES string of the molecule is C[C@H](NC(=O)[C@@H](NC(=O)[C@@H](N)CCCCN)[C@@H](O)CN)C(=O)NCC(=O)N=C(CCCN)C(=O)N1CCC[C@H]1C(=O)N[C@@H](Cc1ccc(C(C)(C)C)cc1)C(=O)N[C@@H](CCCCN)C(=O)N/C(=C\CCN=C(N)N)C(=O)O. The fourth-order valence-corrected chi connectivity index (χ4v) is 7.88. The number of carbonyl (C=O) groups excluding carboxylic acids is 8. The second-order valence-corrected chi connectivity index (χ2v) is 19.7. The lowest BCUT2D eigenvalue weighted by Crippen LogP contribution is -2.60. The predicted octanol–water partition coefficient (Wildman–Crippen LogP) is -4.05. The van der Waals surface area contributed by atoms with E-state index in [1.54, 1.807) is 0 Å². The maximum atomic E-state index is 14.4. The van der Waals surface area contributed by atoms with Gasteiger partial charge in [-0.25, -0.2) is 9.79 Å². The molecule has 22 N–H and O–H groups in total. The Kier molecular flexibility index (Phi) is 29.2. The van der Waals surface area contributed by atoms with Crippen molar-refractivity contribution in [1.82, 2.24) is 36.8 Å². The molecule has 27 nitrogen and oxygen atoms in total. The zero-order chi connectivity index (χ0) is 57.8. The van der Waals surface area contributed by atoms with Gasteiger partial charge in [0, 0.05) is 26.1 Å². The summed E-state index contributed by atoms with van der Waals surface area (Å²) in [5.74, 6) is -8.27. The Balaban J connectivity index is 2.36. The highest BCUT2D eigenvalue weighted by molar-refractivity contribution is 6.40. The van der Waals surface area contributed by atoms with Gasteiger partial charge in [0.2, 0.25) is 35.4 Å². The van der Waals surface area contributed by atoms with E-state index in [-0.39, 0.29) is 88.2 Å². The van der Waals surface area contributed by atoms with Crippen molar-refractivity contribution in [3.63, 3.8) is 0 Å². The molecule has 2 rings (SSSR count). The van der Waals surface area contributed by atoms with Crippen LogP contribution in [0.25, 0.3) is 0 Å². The molecule has 8 amide bonds. The Hall–Kier alpha value is -6.91. The quantitative estimate of drug-likeness (QED) is 0.0138. The van der Waals surface area contributed by atoms with Crippen molar-refractivity contribution in [1.29, 1.82) is 0 Å². The van der Waals surface area contributed by atoms with E-state index in [0.717, 1.165) is 5.56 Å². The second-order valence-electron chi connectivity index (χ2n) is 19.7. The van der Waals surface area contributed by atoms with Gasteiger partial charge in [0.15, 0.2) is 5.96 Å². The minimum absolute atomic E-state index is 0.0425. The number of guanidine groups is 1. The van der Waals surface area contributed by atoms with Crippen LogP contribution < -0.4 is 72.0 Å². The number of hydrogen-bond acceptors (Lipinski definition) is 16. The van der Waals surface area contributed by atoms with Crippen molar-refractivity contribution in [2.75, 3.05) is 45.8 Å². The molecule has 0 spiro atoms. The Bertz CT molecular complexity index is 2250. The number of nitrogens with zero attached hydrogens (tertiary/aromatic N) is 3. The molecule has 1 aromatic rings. The third kappa shape index (κ3) is 23.5. The third-order valence-corrected chi connectivity index (χ3v) is 12.4. The molecular formula is C50H84N16O11. The lowest BCUT2D eigenvalue weighted by molar-refractivity contribution is -0.137. The molecule has 0 aliphatic carbocycles. The Morgan fingerprint density at radius 1 is 0.792 bits per heavy atom. The molecule has 77 heavy (non-hydrogen) atoms. The van der Waals surface area contributed by atoms with Crippen LogP contribution in [-0.4, -0.2) is 168 Å². The number of aliphatic carboxylic acids is 1. The summed E-state index contributed by atoms with van der Waals surface area (Å²) in [5, 5.41) is 35.2. The number of aliphatic hydroxyl groups excluding tert-OH is 1. The highest BCUT2D eigenvalue weighted by atomic mass is 16.4. The number of carbonyl (C=O) groups is 9. The number of aliphatic hydroxyl groups is 1. The topological polar surface area (TPSA) is 476 Å². The van der Waals surface area contributed by atoms with E-state index >= 15 is 0 Å². The molecule has 1 saturated heterocycles. The van der Waals surface area contributed by atoms with Crippen LogP contribution in [0.2, 0.25) is 0 Å². The van der Waals surface area contributed by atoms with Gasteiger partial charge in [0.05, 0.1) is 18.7 Å². The van der Waals surface area contributed by atoms with Gasteiger partial charge < -0.3 is 87.1 Å². The fourth-order valence-electron chi connectivity index (χ4n) is 7.88. The average molecular weight is 1090 g/mol. The van der Waals surface area contributed by atoms with Crippen LogP contribution in [0, 0.1) is 0 Å². The van der Waals surface area contributed by atoms with E-state index in [2.05, 4.69) is 41.9 Å². The number of hydrogen-bond donors (Lipinski definition) is 15. The first-order chi connectivity index (χ1) is 36.4. The Labute approximate surface area is 449 Å². The zero-order valence-corrected chi connectivity index (χ0v) is 44.8. The van der Waals surface area contributed by atoms with Crippen LogP contribution in [0.3, 0.4) is 0 Å². The number of rotatable bonds is 33. The smallest absolute Gasteiger partial charge is 0.352 e. The number of aliphatic imine (C=N–C) groups is 2. The summed E-state index contributed by atoms with van der Waals surface area (Å²) in [6, 6.07) is -0.236. The Morgan fingerprint density at radius 3 is 2.01 bits per heavy atom. The van der Waals surface area contributed by atoms with Gasteiger partial charge in [0.25, 0.3) is 11.8 Å². The molecule has 1 aliphatic rings. The number of benzene rings is 1. The van der Waals surface area contributed by atoms with Crippen molar-refractivity contribution in [2.45, 2.75) is 153 Å². The first-order valence-corrected chi connectivity index (χ1v) is 25.9. The summed E-state index contributed by atoms with van der Waals surface area (Å²) in [6.45, 7) is 7.13. The van der Waals surface area contributed by atoms with Crippen LogP contribution in [-0.2, 0) is 55.0 Å². The molecule has 1 aliphatic heterocycles. The Morgan fingerprint density at radius 2 is 1.43 bits per heavy atom. The number of carboxylic acids is 1. The highest BCUT2D eigenvalue weighted by Gasteiger charge is 2.39. The average Bonchev–Trinajstić information content (AvgIpc) is 3.88. The molecular weight excluding hydrogens is 1000 g/mol. The molecule has 0 unspecified atom stereocenters. The first-order valence-electron chi connectivity index (χ1n) is 25.9. The lowest BCUT2D eigenvalue weighted by Gasteiger charge is -2.28. The number of nitrogens with two attached hydrogens (primary N) is 7. The molecule has 0 saturated carbocycles. The van der Waals surface area contributed by atoms with E-state index in [0.29, 0.717) is 44.2 Å². The molecule has 7 atom stereocenters. The van der Waals surface area contributed by atoms with E-state index < -0.39 is 114 Å². The number of unbranched alkanes of at least 4 members (excludes halogenated alkanes) is 2. The summed E-state index contributed by atoms with van der Waals surface area (Å²) in [7, 11) is 0. The molecule has 0 aromatic heterocycles. The van der Waals surface area contributed by atoms with Crippen molar-refractivity contribution in [3.05, 3.63) is 47.2 Å². The minimum Gasteiger partial charge on any atom is -0.477 e. The molecule has 0 bridgehead atoms. The van der Waals surface area contributed by atoms with Crippen LogP contribution in [0.15, 0.2) is 46.0 Å². The summed E-state index contributed by atoms with van der Waals surface area (Å²) in [5.41, 5.74) is 39.9. The largest absolute Gasteiger partial charge is 0.477 e. The van der Waals surface area contributed by atoms with Crippen molar-refractivity contribution >= 4 is 64.9 Å². The van der Waals surface area contributed by atoms with Gasteiger partial charge >= 0.3 is 5.97 Å². The van der Waals surface area contributed by atoms with Crippen LogP contribution in [0.5, 0.6) is 0 Å². The maximum absolute atomic E-state index is 14.4. The monoisotopic (exact) mass is 1080 g/mol. The van der Waals surface area contributed by atoms with Gasteiger partial charge in [-0.05, 0) is 107 Å². The number of carboxylic acid groups (broad SMARTS) is 1. The predicted molar refractivity (Wildman–Crippen MR) is 289 cm³/mol. The van der Waals surface area contributed by atoms with E-state index in [1.165, 1.54) is 17.9 Å².